The molecule has 1 aromatic heterocycles. The minimum Gasteiger partial charge on any atom is -0.494 e. The van der Waals surface area contributed by atoms with E-state index < -0.39 is 11.8 Å². The van der Waals surface area contributed by atoms with Gasteiger partial charge in [0, 0.05) is 5.56 Å². The fourth-order valence-corrected chi connectivity index (χ4v) is 1.99. The summed E-state index contributed by atoms with van der Waals surface area (Å²) < 4.78 is 23.7. The Kier molecular flexibility index (Phi) is 4.75. The molecule has 2 aromatic rings. The van der Waals surface area contributed by atoms with E-state index in [0.29, 0.717) is 23.6 Å². The van der Waals surface area contributed by atoms with E-state index in [1.54, 1.807) is 24.3 Å². The predicted molar refractivity (Wildman–Crippen MR) is 77.1 cm³/mol. The average Bonchev–Trinajstić information content (AvgIpc) is 2.50. The summed E-state index contributed by atoms with van der Waals surface area (Å²) in [5, 5.41) is -0.373. The van der Waals surface area contributed by atoms with Crippen molar-refractivity contribution in [2.24, 2.45) is 0 Å². The highest BCUT2D eigenvalue weighted by molar-refractivity contribution is 6.30. The molecule has 0 saturated carbocycles. The first kappa shape index (κ1) is 15.3. The number of pyridine rings is 1. The predicted octanol–water partition coefficient (Wildman–Crippen LogP) is 3.73. The second kappa shape index (κ2) is 6.54. The summed E-state index contributed by atoms with van der Waals surface area (Å²) in [7, 11) is 1.17. The maximum Gasteiger partial charge on any atom is 0.341 e. The zero-order chi connectivity index (χ0) is 15.4. The van der Waals surface area contributed by atoms with E-state index >= 15 is 0 Å². The first-order valence-electron chi connectivity index (χ1n) is 6.24. The Hall–Kier alpha value is -2.14. The van der Waals surface area contributed by atoms with Gasteiger partial charge < -0.3 is 9.47 Å². The number of aromatic nitrogens is 1. The molecule has 0 fully saturated rings. The van der Waals surface area contributed by atoms with Gasteiger partial charge in [0.1, 0.15) is 11.3 Å². The fourth-order valence-electron chi connectivity index (χ4n) is 1.79. The molecule has 0 radical (unpaired) electrons. The van der Waals surface area contributed by atoms with E-state index in [-0.39, 0.29) is 10.7 Å². The molecule has 0 amide bonds. The monoisotopic (exact) mass is 309 g/mol. The maximum absolute atomic E-state index is 13.8. The topological polar surface area (TPSA) is 48.4 Å². The van der Waals surface area contributed by atoms with Crippen LogP contribution in [0.3, 0.4) is 0 Å². The summed E-state index contributed by atoms with van der Waals surface area (Å²) in [5.74, 6) is -0.982. The lowest BCUT2D eigenvalue weighted by atomic mass is 10.1. The Bertz CT molecular complexity index is 659. The SMILES string of the molecule is CCOc1ccc(-c2cc(C(=O)OC)c(F)c(Cl)n2)cc1. The molecular weight excluding hydrogens is 297 g/mol. The van der Waals surface area contributed by atoms with Crippen LogP contribution in [0.15, 0.2) is 30.3 Å². The van der Waals surface area contributed by atoms with Gasteiger partial charge in [-0.3, -0.25) is 0 Å². The van der Waals surface area contributed by atoms with Gasteiger partial charge in [-0.05, 0) is 37.3 Å². The van der Waals surface area contributed by atoms with Crippen molar-refractivity contribution < 1.29 is 18.7 Å². The largest absolute Gasteiger partial charge is 0.494 e. The van der Waals surface area contributed by atoms with Crippen molar-refractivity contribution in [2.75, 3.05) is 13.7 Å². The number of carbonyl (C=O) groups excluding carboxylic acids is 1. The molecule has 1 aromatic carbocycles. The molecule has 0 aliphatic carbocycles. The highest BCUT2D eigenvalue weighted by Gasteiger charge is 2.18. The van der Waals surface area contributed by atoms with Crippen LogP contribution in [0.5, 0.6) is 5.75 Å². The third-order valence-corrected chi connectivity index (χ3v) is 3.03. The van der Waals surface area contributed by atoms with Crippen LogP contribution in [-0.4, -0.2) is 24.7 Å². The van der Waals surface area contributed by atoms with Gasteiger partial charge in [0.05, 0.1) is 19.4 Å². The van der Waals surface area contributed by atoms with Gasteiger partial charge in [-0.1, -0.05) is 11.6 Å². The number of nitrogens with zero attached hydrogens (tertiary/aromatic N) is 1. The van der Waals surface area contributed by atoms with Gasteiger partial charge in [0.25, 0.3) is 0 Å². The molecule has 0 saturated heterocycles. The number of rotatable bonds is 4. The third-order valence-electron chi connectivity index (χ3n) is 2.78. The number of halogens is 2. The average molecular weight is 310 g/mol. The summed E-state index contributed by atoms with van der Waals surface area (Å²) in [4.78, 5) is 15.5. The normalized spacial score (nSPS) is 10.3. The third kappa shape index (κ3) is 3.31. The second-order valence-corrected chi connectivity index (χ2v) is 4.47. The quantitative estimate of drug-likeness (QED) is 0.638. The van der Waals surface area contributed by atoms with Crippen LogP contribution in [0.25, 0.3) is 11.3 Å². The molecule has 0 N–H and O–H groups in total. The van der Waals surface area contributed by atoms with E-state index in [2.05, 4.69) is 9.72 Å². The minimum atomic E-state index is -0.891. The maximum atomic E-state index is 13.8. The Morgan fingerprint density at radius 3 is 2.57 bits per heavy atom. The van der Waals surface area contributed by atoms with E-state index in [1.165, 1.54) is 13.2 Å². The summed E-state index contributed by atoms with van der Waals surface area (Å²) in [6, 6.07) is 8.33. The van der Waals surface area contributed by atoms with Crippen molar-refractivity contribution in [3.63, 3.8) is 0 Å². The number of esters is 1. The lowest BCUT2D eigenvalue weighted by Gasteiger charge is -2.08. The van der Waals surface area contributed by atoms with Crippen LogP contribution in [0.4, 0.5) is 4.39 Å². The molecule has 0 aliphatic heterocycles. The Morgan fingerprint density at radius 2 is 2.00 bits per heavy atom. The van der Waals surface area contributed by atoms with Crippen molar-refractivity contribution in [3.05, 3.63) is 46.9 Å². The standard InChI is InChI=1S/C15H13ClFNO3/c1-3-21-10-6-4-9(5-7-10)12-8-11(15(19)20-2)13(17)14(16)18-12/h4-8H,3H2,1-2H3. The molecule has 2 rings (SSSR count). The van der Waals surface area contributed by atoms with Crippen LogP contribution < -0.4 is 4.74 Å². The smallest absolute Gasteiger partial charge is 0.341 e. The molecule has 0 atom stereocenters. The van der Waals surface area contributed by atoms with E-state index in [1.807, 2.05) is 6.92 Å². The zero-order valence-corrected chi connectivity index (χ0v) is 12.3. The van der Waals surface area contributed by atoms with Crippen LogP contribution in [-0.2, 0) is 4.74 Å². The molecule has 0 spiro atoms. The van der Waals surface area contributed by atoms with Crippen LogP contribution in [0, 0.1) is 5.82 Å². The Balaban J connectivity index is 2.44. The van der Waals surface area contributed by atoms with Gasteiger partial charge in [-0.15, -0.1) is 0 Å². The molecule has 0 aliphatic rings. The zero-order valence-electron chi connectivity index (χ0n) is 11.5. The highest BCUT2D eigenvalue weighted by atomic mass is 35.5. The van der Waals surface area contributed by atoms with Gasteiger partial charge in [0.15, 0.2) is 11.0 Å². The molecule has 0 unspecified atom stereocenters. The minimum absolute atomic E-state index is 0.249. The molecule has 21 heavy (non-hydrogen) atoms. The lowest BCUT2D eigenvalue weighted by molar-refractivity contribution is 0.0595. The molecule has 110 valence electrons. The highest BCUT2D eigenvalue weighted by Crippen LogP contribution is 2.26. The number of methoxy groups -OCH3 is 1. The van der Waals surface area contributed by atoms with E-state index in [0.717, 1.165) is 0 Å². The molecular formula is C15H13ClFNO3. The van der Waals surface area contributed by atoms with Crippen molar-refractivity contribution in [3.8, 4) is 17.0 Å². The van der Waals surface area contributed by atoms with Crippen molar-refractivity contribution in [2.45, 2.75) is 6.92 Å². The van der Waals surface area contributed by atoms with Gasteiger partial charge >= 0.3 is 5.97 Å². The molecule has 6 heteroatoms. The summed E-state index contributed by atoms with van der Waals surface area (Å²) in [6.07, 6.45) is 0. The fraction of sp³-hybridized carbons (Fsp3) is 0.200. The summed E-state index contributed by atoms with van der Waals surface area (Å²) in [6.45, 7) is 2.45. The first-order chi connectivity index (χ1) is 10.1. The van der Waals surface area contributed by atoms with Gasteiger partial charge in [-0.2, -0.15) is 0 Å². The molecule has 1 heterocycles. The van der Waals surface area contributed by atoms with E-state index in [9.17, 15) is 9.18 Å². The van der Waals surface area contributed by atoms with Crippen LogP contribution in [0.1, 0.15) is 17.3 Å². The number of ether oxygens (including phenoxy) is 2. The van der Waals surface area contributed by atoms with Crippen molar-refractivity contribution >= 4 is 17.6 Å². The summed E-state index contributed by atoms with van der Waals surface area (Å²) >= 11 is 5.73. The van der Waals surface area contributed by atoms with Gasteiger partial charge in [0.2, 0.25) is 0 Å². The lowest BCUT2D eigenvalue weighted by Crippen LogP contribution is -2.06. The Morgan fingerprint density at radius 1 is 1.33 bits per heavy atom. The second-order valence-electron chi connectivity index (χ2n) is 4.11. The number of benzene rings is 1. The Labute approximate surface area is 126 Å². The van der Waals surface area contributed by atoms with Crippen LogP contribution >= 0.6 is 11.6 Å². The number of carbonyl (C=O) groups is 1. The number of hydrogen-bond acceptors (Lipinski definition) is 4. The number of hydrogen-bond donors (Lipinski definition) is 0. The summed E-state index contributed by atoms with van der Waals surface area (Å²) in [5.41, 5.74) is 0.816. The molecule has 4 nitrogen and oxygen atoms in total. The van der Waals surface area contributed by atoms with Crippen molar-refractivity contribution in [1.82, 2.24) is 4.98 Å². The first-order valence-corrected chi connectivity index (χ1v) is 6.62. The van der Waals surface area contributed by atoms with Crippen molar-refractivity contribution in [1.29, 1.82) is 0 Å². The van der Waals surface area contributed by atoms with E-state index in [4.69, 9.17) is 16.3 Å². The van der Waals surface area contributed by atoms with Crippen LogP contribution in [0.2, 0.25) is 5.15 Å². The molecule has 0 bridgehead atoms. The van der Waals surface area contributed by atoms with Gasteiger partial charge in [-0.25, -0.2) is 14.2 Å².